The molecule has 0 aromatic heterocycles. The Kier molecular flexibility index (Phi) is 4.84. The van der Waals surface area contributed by atoms with E-state index in [0.29, 0.717) is 11.3 Å². The van der Waals surface area contributed by atoms with E-state index < -0.39 is 17.4 Å². The number of nitrogens with zero attached hydrogens (tertiary/aromatic N) is 3. The Bertz CT molecular complexity index is 620. The lowest BCUT2D eigenvalue weighted by atomic mass is 9.76. The third-order valence-electron chi connectivity index (χ3n) is 3.07. The van der Waals surface area contributed by atoms with Crippen LogP contribution in [-0.2, 0) is 14.9 Å². The summed E-state index contributed by atoms with van der Waals surface area (Å²) in [6.45, 7) is 17.5. The number of nitriles is 1. The number of carbonyl (C=O) groups excluding carboxylic acids is 1. The number of rotatable bonds is 4. The minimum absolute atomic E-state index is 0.160. The van der Waals surface area contributed by atoms with E-state index in [2.05, 4.69) is 9.69 Å². The van der Waals surface area contributed by atoms with Crippen LogP contribution in [0.3, 0.4) is 0 Å². The summed E-state index contributed by atoms with van der Waals surface area (Å²) < 4.78 is 5.01. The average molecular weight is 267 g/mol. The van der Waals surface area contributed by atoms with Crippen molar-refractivity contribution in [2.45, 2.75) is 25.3 Å². The molecule has 0 heterocycles. The molecule has 0 aliphatic carbocycles. The standard InChI is InChI=1S/C15H13N3O2/c1-5-20-14(19)15(2,13(10-16)18-4)11-7-6-8-12(9-11)17-3/h6-9,13H,5H2,1-2H3. The Labute approximate surface area is 118 Å². The lowest BCUT2D eigenvalue weighted by molar-refractivity contribution is -0.149. The van der Waals surface area contributed by atoms with Gasteiger partial charge in [-0.15, -0.1) is 0 Å². The normalized spacial score (nSPS) is 13.9. The highest BCUT2D eigenvalue weighted by Gasteiger charge is 2.49. The summed E-state index contributed by atoms with van der Waals surface area (Å²) in [6.07, 6.45) is 0. The van der Waals surface area contributed by atoms with Gasteiger partial charge in [0, 0.05) is 0 Å². The number of benzene rings is 1. The molecule has 1 aromatic carbocycles. The lowest BCUT2D eigenvalue weighted by Crippen LogP contribution is -2.43. The molecule has 5 heteroatoms. The van der Waals surface area contributed by atoms with E-state index in [4.69, 9.17) is 23.1 Å². The van der Waals surface area contributed by atoms with Crippen molar-refractivity contribution in [1.82, 2.24) is 0 Å². The fraction of sp³-hybridized carbons (Fsp3) is 0.333. The van der Waals surface area contributed by atoms with Gasteiger partial charge in [0.1, 0.15) is 0 Å². The minimum atomic E-state index is -1.41. The Morgan fingerprint density at radius 1 is 1.55 bits per heavy atom. The summed E-state index contributed by atoms with van der Waals surface area (Å²) in [5.41, 5.74) is -0.626. The Morgan fingerprint density at radius 2 is 2.25 bits per heavy atom. The highest BCUT2D eigenvalue weighted by Crippen LogP contribution is 2.33. The monoisotopic (exact) mass is 267 g/mol. The summed E-state index contributed by atoms with van der Waals surface area (Å²) in [5, 5.41) is 9.13. The van der Waals surface area contributed by atoms with Crippen molar-refractivity contribution in [2.75, 3.05) is 6.61 Å². The average Bonchev–Trinajstić information content (AvgIpc) is 2.48. The van der Waals surface area contributed by atoms with E-state index in [-0.39, 0.29) is 6.61 Å². The van der Waals surface area contributed by atoms with Crippen LogP contribution in [0.2, 0.25) is 0 Å². The largest absolute Gasteiger partial charge is 0.465 e. The van der Waals surface area contributed by atoms with Gasteiger partial charge in [-0.2, -0.15) is 5.26 Å². The van der Waals surface area contributed by atoms with E-state index in [1.165, 1.54) is 13.0 Å². The van der Waals surface area contributed by atoms with Gasteiger partial charge in [-0.25, -0.2) is 11.4 Å². The molecule has 0 amide bonds. The summed E-state index contributed by atoms with van der Waals surface area (Å²) >= 11 is 0. The molecule has 0 saturated carbocycles. The van der Waals surface area contributed by atoms with Crippen LogP contribution in [0.5, 0.6) is 0 Å². The maximum Gasteiger partial charge on any atom is 0.326 e. The van der Waals surface area contributed by atoms with Crippen LogP contribution >= 0.6 is 0 Å². The zero-order valence-corrected chi connectivity index (χ0v) is 11.3. The third kappa shape index (κ3) is 2.60. The highest BCUT2D eigenvalue weighted by molar-refractivity contribution is 5.85. The first-order valence-electron chi connectivity index (χ1n) is 5.96. The Balaban J connectivity index is 3.46. The van der Waals surface area contributed by atoms with Crippen LogP contribution in [0.4, 0.5) is 5.69 Å². The number of hydrogen-bond acceptors (Lipinski definition) is 3. The molecule has 0 saturated heterocycles. The summed E-state index contributed by atoms with van der Waals surface area (Å²) in [4.78, 5) is 18.8. The predicted molar refractivity (Wildman–Crippen MR) is 72.7 cm³/mol. The van der Waals surface area contributed by atoms with Gasteiger partial charge in [0.25, 0.3) is 0 Å². The van der Waals surface area contributed by atoms with E-state index in [9.17, 15) is 4.79 Å². The molecule has 0 aliphatic rings. The first-order chi connectivity index (χ1) is 9.54. The van der Waals surface area contributed by atoms with Gasteiger partial charge in [0.05, 0.1) is 13.2 Å². The van der Waals surface area contributed by atoms with Crippen molar-refractivity contribution < 1.29 is 9.53 Å². The molecule has 1 aromatic rings. The second kappa shape index (κ2) is 6.36. The van der Waals surface area contributed by atoms with Crippen LogP contribution in [0, 0.1) is 24.5 Å². The van der Waals surface area contributed by atoms with Crippen molar-refractivity contribution in [2.24, 2.45) is 0 Å². The van der Waals surface area contributed by atoms with Crippen molar-refractivity contribution in [3.8, 4) is 6.07 Å². The van der Waals surface area contributed by atoms with Gasteiger partial charge in [-0.05, 0) is 19.4 Å². The molecule has 0 bridgehead atoms. The molecular formula is C15H13N3O2. The van der Waals surface area contributed by atoms with Crippen molar-refractivity contribution in [3.63, 3.8) is 0 Å². The summed E-state index contributed by atoms with van der Waals surface area (Å²) in [7, 11) is 0. The minimum Gasteiger partial charge on any atom is -0.465 e. The maximum absolute atomic E-state index is 12.2. The quantitative estimate of drug-likeness (QED) is 0.622. The highest BCUT2D eigenvalue weighted by atomic mass is 16.5. The molecule has 2 atom stereocenters. The molecule has 1 rings (SSSR count). The van der Waals surface area contributed by atoms with Crippen molar-refractivity contribution in [1.29, 1.82) is 5.26 Å². The topological polar surface area (TPSA) is 58.8 Å². The summed E-state index contributed by atoms with van der Waals surface area (Å²) in [5.74, 6) is -0.635. The van der Waals surface area contributed by atoms with Crippen LogP contribution in [0.1, 0.15) is 19.4 Å². The molecule has 20 heavy (non-hydrogen) atoms. The van der Waals surface area contributed by atoms with Crippen molar-refractivity contribution >= 4 is 11.7 Å². The van der Waals surface area contributed by atoms with Gasteiger partial charge in [0.15, 0.2) is 17.2 Å². The lowest BCUT2D eigenvalue weighted by Gasteiger charge is -2.25. The van der Waals surface area contributed by atoms with Crippen molar-refractivity contribution in [3.05, 3.63) is 52.7 Å². The zero-order chi connectivity index (χ0) is 15.2. The van der Waals surface area contributed by atoms with E-state index >= 15 is 0 Å². The maximum atomic E-state index is 12.2. The molecule has 0 spiro atoms. The van der Waals surface area contributed by atoms with Crippen LogP contribution in [-0.4, -0.2) is 18.6 Å². The van der Waals surface area contributed by atoms with Gasteiger partial charge >= 0.3 is 12.0 Å². The summed E-state index contributed by atoms with van der Waals surface area (Å²) in [6, 6.07) is 6.99. The molecule has 0 fully saturated rings. The molecular weight excluding hydrogens is 254 g/mol. The number of carbonyl (C=O) groups is 1. The van der Waals surface area contributed by atoms with Gasteiger partial charge in [-0.1, -0.05) is 24.3 Å². The van der Waals surface area contributed by atoms with E-state index in [0.717, 1.165) is 0 Å². The third-order valence-corrected chi connectivity index (χ3v) is 3.07. The second-order valence-corrected chi connectivity index (χ2v) is 4.25. The van der Waals surface area contributed by atoms with E-state index in [1.54, 1.807) is 25.1 Å². The zero-order valence-electron chi connectivity index (χ0n) is 11.3. The molecule has 0 aliphatic heterocycles. The fourth-order valence-corrected chi connectivity index (χ4v) is 1.85. The first-order valence-corrected chi connectivity index (χ1v) is 5.96. The van der Waals surface area contributed by atoms with Crippen LogP contribution in [0.15, 0.2) is 24.3 Å². The first kappa shape index (κ1) is 15.2. The molecule has 0 N–H and O–H groups in total. The van der Waals surface area contributed by atoms with E-state index in [1.807, 2.05) is 6.07 Å². The molecule has 0 radical (unpaired) electrons. The molecule has 2 unspecified atom stereocenters. The Hall–Kier alpha value is -2.84. The number of ether oxygens (including phenoxy) is 1. The predicted octanol–water partition coefficient (Wildman–Crippen LogP) is 2.87. The van der Waals surface area contributed by atoms with Crippen LogP contribution in [0.25, 0.3) is 9.69 Å². The molecule has 5 nitrogen and oxygen atoms in total. The SMILES string of the molecule is [C-]#[N+]c1cccc(C(C)(C(=O)OCC)C(C#N)[N+]#[C-])c1. The Morgan fingerprint density at radius 3 is 2.75 bits per heavy atom. The van der Waals surface area contributed by atoms with Gasteiger partial charge in [-0.3, -0.25) is 9.64 Å². The van der Waals surface area contributed by atoms with Gasteiger partial charge in [0.2, 0.25) is 0 Å². The van der Waals surface area contributed by atoms with Gasteiger partial charge < -0.3 is 4.74 Å². The number of hydrogen-bond donors (Lipinski definition) is 0. The van der Waals surface area contributed by atoms with Crippen LogP contribution < -0.4 is 0 Å². The number of esters is 1. The molecule has 100 valence electrons. The smallest absolute Gasteiger partial charge is 0.326 e. The second-order valence-electron chi connectivity index (χ2n) is 4.25. The fourth-order valence-electron chi connectivity index (χ4n) is 1.85.